The minimum absolute atomic E-state index is 0. The molecule has 0 bridgehead atoms. The number of hydrogen-bond acceptors (Lipinski definition) is 5. The molecule has 0 aliphatic rings. The Kier molecular flexibility index (Phi) is 19.3. The van der Waals surface area contributed by atoms with Gasteiger partial charge in [0.15, 0.2) is 0 Å². The second kappa shape index (κ2) is 14.9. The zero-order chi connectivity index (χ0) is 15.8. The molecule has 0 aromatic rings. The summed E-state index contributed by atoms with van der Waals surface area (Å²) < 4.78 is -0.801. The summed E-state index contributed by atoms with van der Waals surface area (Å²) in [7, 11) is 0. The molecule has 0 radical (unpaired) electrons. The number of aliphatic carboxylic acids is 1. The number of carboxylic acids is 1. The summed E-state index contributed by atoms with van der Waals surface area (Å²) in [5.41, 5.74) is 0. The van der Waals surface area contributed by atoms with Gasteiger partial charge in [0.2, 0.25) is 5.91 Å². The van der Waals surface area contributed by atoms with Crippen molar-refractivity contribution in [2.24, 2.45) is 0 Å². The topological polar surface area (TPSA) is 66.4 Å². The van der Waals surface area contributed by atoms with Gasteiger partial charge in [0.1, 0.15) is 6.04 Å². The Morgan fingerprint density at radius 3 is 2.18 bits per heavy atom. The number of carbonyl (C=O) groups excluding carboxylic acids is 1. The van der Waals surface area contributed by atoms with Gasteiger partial charge in [-0.05, 0) is 38.9 Å². The van der Waals surface area contributed by atoms with Gasteiger partial charge in [-0.3, -0.25) is 4.79 Å². The third kappa shape index (κ3) is 14.0. The summed E-state index contributed by atoms with van der Waals surface area (Å²) in [6.07, 6.45) is 3.85. The normalized spacial score (nSPS) is 13.3. The molecule has 0 aliphatic heterocycles. The largest absolute Gasteiger partial charge is 2.00 e. The van der Waals surface area contributed by atoms with E-state index in [1.54, 1.807) is 13.8 Å². The second-order valence-electron chi connectivity index (χ2n) is 5.40. The Bertz CT molecular complexity index is 330. The van der Waals surface area contributed by atoms with E-state index in [1.165, 1.54) is 0 Å². The maximum Gasteiger partial charge on any atom is 2.00 e. The van der Waals surface area contributed by atoms with Crippen molar-refractivity contribution < 1.29 is 63.7 Å². The molecule has 0 aliphatic carbocycles. The molecule has 9 heteroatoms. The number of thiol groups is 3. The summed E-state index contributed by atoms with van der Waals surface area (Å²) in [6.45, 7) is 3.33. The van der Waals surface area contributed by atoms with Crippen LogP contribution in [0.15, 0.2) is 0 Å². The first kappa shape index (κ1) is 28.4. The van der Waals surface area contributed by atoms with Crippen LogP contribution < -0.4 is 34.9 Å². The Morgan fingerprint density at radius 2 is 1.77 bits per heavy atom. The number of hydrogen-bond donors (Lipinski definition) is 5. The maximum atomic E-state index is 11.7. The van der Waals surface area contributed by atoms with Crippen LogP contribution >= 0.6 is 37.9 Å². The van der Waals surface area contributed by atoms with Crippen LogP contribution in [0, 0.1) is 0 Å². The van der Waals surface area contributed by atoms with Crippen molar-refractivity contribution in [2.45, 2.75) is 62.0 Å². The molecular weight excluding hydrogens is 403 g/mol. The average Bonchev–Trinajstić information content (AvgIpc) is 2.30. The van der Waals surface area contributed by atoms with E-state index in [-0.39, 0.29) is 54.9 Å². The van der Waals surface area contributed by atoms with E-state index in [1.807, 2.05) is 0 Å². The molecule has 1 amide bonds. The van der Waals surface area contributed by atoms with Crippen LogP contribution in [0.4, 0.5) is 0 Å². The number of rotatable bonds is 10. The van der Waals surface area contributed by atoms with E-state index < -0.39 is 16.8 Å². The Balaban J connectivity index is -0.00000180. The van der Waals surface area contributed by atoms with E-state index >= 15 is 0 Å². The van der Waals surface area contributed by atoms with Gasteiger partial charge in [0.05, 0.1) is 0 Å². The van der Waals surface area contributed by atoms with Crippen LogP contribution in [-0.4, -0.2) is 38.8 Å². The number of carboxylic acid groups (broad SMARTS) is 1. The summed E-state index contributed by atoms with van der Waals surface area (Å²) in [6, 6.07) is -0.986. The van der Waals surface area contributed by atoms with Crippen molar-refractivity contribution in [1.82, 2.24) is 5.32 Å². The standard InChI is InChI=1S/C13H25NO3S3.Na.Zn/c1-13(2,20)11(12(16)17)14-10(15)6-4-3-5-9(19)7-8-18;;/h9,11,18-20H,3-8H2,1-2H3,(H,14,15)(H,16,17);;/q;+1;+2. The minimum atomic E-state index is -1.07. The number of unbranched alkanes of at least 4 members (excludes halogenated alkanes) is 1. The second-order valence-corrected chi connectivity index (χ2v) is 7.73. The van der Waals surface area contributed by atoms with Gasteiger partial charge in [-0.25, -0.2) is 4.79 Å². The molecule has 0 saturated heterocycles. The van der Waals surface area contributed by atoms with Crippen LogP contribution in [-0.2, 0) is 29.1 Å². The number of carbonyl (C=O) groups is 2. The zero-order valence-electron chi connectivity index (χ0n) is 13.7. The Labute approximate surface area is 185 Å². The van der Waals surface area contributed by atoms with Crippen molar-refractivity contribution in [3.8, 4) is 0 Å². The monoisotopic (exact) mass is 426 g/mol. The SMILES string of the molecule is CC(C)(S)C(NC(=O)CCCCC(S)CCS)C(=O)O.[Na+].[Zn+2]. The van der Waals surface area contributed by atoms with Crippen molar-refractivity contribution >= 4 is 49.8 Å². The molecule has 0 fully saturated rings. The quantitative estimate of drug-likeness (QED) is 0.184. The van der Waals surface area contributed by atoms with Crippen molar-refractivity contribution in [3.05, 3.63) is 0 Å². The first-order valence-corrected chi connectivity index (χ1v) is 8.31. The first-order chi connectivity index (χ1) is 9.18. The Hall–Kier alpha value is 1.61. The first-order valence-electron chi connectivity index (χ1n) is 6.72. The van der Waals surface area contributed by atoms with E-state index in [9.17, 15) is 9.59 Å². The number of amides is 1. The molecule has 2 unspecified atom stereocenters. The molecule has 0 rings (SSSR count). The minimum Gasteiger partial charge on any atom is -0.480 e. The van der Waals surface area contributed by atoms with Crippen LogP contribution in [0.1, 0.15) is 46.0 Å². The molecule has 2 N–H and O–H groups in total. The predicted molar refractivity (Wildman–Crippen MR) is 92.3 cm³/mol. The van der Waals surface area contributed by atoms with Gasteiger partial charge in [0, 0.05) is 16.4 Å². The van der Waals surface area contributed by atoms with Gasteiger partial charge >= 0.3 is 55.0 Å². The van der Waals surface area contributed by atoms with Crippen LogP contribution in [0.5, 0.6) is 0 Å². The summed E-state index contributed by atoms with van der Waals surface area (Å²) >= 11 is 12.8. The molecule has 0 aromatic carbocycles. The molecule has 22 heavy (non-hydrogen) atoms. The molecule has 4 nitrogen and oxygen atoms in total. The van der Waals surface area contributed by atoms with E-state index in [2.05, 4.69) is 43.2 Å². The molecule has 2 atom stereocenters. The summed E-state index contributed by atoms with van der Waals surface area (Å²) in [5.74, 6) is -0.501. The van der Waals surface area contributed by atoms with Crippen molar-refractivity contribution in [2.75, 3.05) is 5.75 Å². The van der Waals surface area contributed by atoms with Gasteiger partial charge in [0.25, 0.3) is 0 Å². The summed E-state index contributed by atoms with van der Waals surface area (Å²) in [5, 5.41) is 11.9. The third-order valence-corrected chi connectivity index (χ3v) is 3.95. The fraction of sp³-hybridized carbons (Fsp3) is 0.846. The summed E-state index contributed by atoms with van der Waals surface area (Å²) in [4.78, 5) is 22.8. The molecule has 0 aromatic heterocycles. The van der Waals surface area contributed by atoms with Crippen LogP contribution in [0.3, 0.4) is 0 Å². The molecule has 0 saturated carbocycles. The predicted octanol–water partition coefficient (Wildman–Crippen LogP) is -0.556. The zero-order valence-corrected chi connectivity index (χ0v) is 21.4. The van der Waals surface area contributed by atoms with E-state index in [4.69, 9.17) is 5.11 Å². The average molecular weight is 428 g/mol. The molecule has 0 heterocycles. The third-order valence-electron chi connectivity index (χ3n) is 2.91. The van der Waals surface area contributed by atoms with Crippen molar-refractivity contribution in [3.63, 3.8) is 0 Å². The molecular formula is C13H25NNaO3S3Zn+3. The molecule has 118 valence electrons. The Morgan fingerprint density at radius 1 is 1.23 bits per heavy atom. The molecule has 0 spiro atoms. The van der Waals surface area contributed by atoms with Gasteiger partial charge in [-0.1, -0.05) is 6.42 Å². The van der Waals surface area contributed by atoms with Crippen molar-refractivity contribution in [1.29, 1.82) is 0 Å². The number of nitrogens with one attached hydrogen (secondary N) is 1. The van der Waals surface area contributed by atoms with E-state index in [0.717, 1.165) is 31.4 Å². The maximum absolute atomic E-state index is 11.7. The van der Waals surface area contributed by atoms with Gasteiger partial charge in [-0.2, -0.15) is 37.9 Å². The van der Waals surface area contributed by atoms with E-state index in [0.29, 0.717) is 11.7 Å². The van der Waals surface area contributed by atoms with Crippen LogP contribution in [0.2, 0.25) is 0 Å². The smallest absolute Gasteiger partial charge is 0.480 e. The van der Waals surface area contributed by atoms with Gasteiger partial charge in [-0.15, -0.1) is 0 Å². The fourth-order valence-electron chi connectivity index (χ4n) is 1.73. The van der Waals surface area contributed by atoms with Gasteiger partial charge < -0.3 is 10.4 Å². The van der Waals surface area contributed by atoms with Crippen LogP contribution in [0.25, 0.3) is 0 Å². The fourth-order valence-corrected chi connectivity index (χ4v) is 2.73.